The van der Waals surface area contributed by atoms with Gasteiger partial charge in [-0.05, 0) is 12.1 Å². The predicted molar refractivity (Wildman–Crippen MR) is 89.3 cm³/mol. The van der Waals surface area contributed by atoms with E-state index in [9.17, 15) is 9.59 Å². The Morgan fingerprint density at radius 1 is 1.41 bits per heavy atom. The molecule has 0 aliphatic heterocycles. The van der Waals surface area contributed by atoms with Gasteiger partial charge in [0.1, 0.15) is 5.00 Å². The molecule has 2 aromatic rings. The van der Waals surface area contributed by atoms with Gasteiger partial charge in [0.2, 0.25) is 0 Å². The van der Waals surface area contributed by atoms with Crippen LogP contribution in [0.2, 0.25) is 0 Å². The van der Waals surface area contributed by atoms with Gasteiger partial charge in [-0.2, -0.15) is 0 Å². The van der Waals surface area contributed by atoms with Crippen LogP contribution >= 0.6 is 23.1 Å². The van der Waals surface area contributed by atoms with Crippen molar-refractivity contribution in [2.75, 3.05) is 19.4 Å². The first-order valence-electron chi connectivity index (χ1n) is 6.41. The minimum absolute atomic E-state index is 0.300. The molecule has 0 bridgehead atoms. The number of thioether (sulfide) groups is 1. The van der Waals surface area contributed by atoms with Crippen molar-refractivity contribution in [3.8, 4) is 0 Å². The molecule has 0 aliphatic carbocycles. The van der Waals surface area contributed by atoms with Crippen LogP contribution in [0.1, 0.15) is 16.1 Å². The summed E-state index contributed by atoms with van der Waals surface area (Å²) in [7, 11) is 3.26. The van der Waals surface area contributed by atoms with Crippen molar-refractivity contribution in [3.63, 3.8) is 0 Å². The van der Waals surface area contributed by atoms with Crippen molar-refractivity contribution in [1.29, 1.82) is 0 Å². The summed E-state index contributed by atoms with van der Waals surface area (Å²) in [5, 5.41) is 4.97. The quantitative estimate of drug-likeness (QED) is 0.822. The molecule has 0 unspecified atom stereocenters. The van der Waals surface area contributed by atoms with E-state index in [2.05, 4.69) is 10.3 Å². The lowest BCUT2D eigenvalue weighted by Crippen LogP contribution is -2.28. The Kier molecular flexibility index (Phi) is 5.40. The Balaban J connectivity index is 2.16. The maximum absolute atomic E-state index is 11.7. The molecule has 3 N–H and O–H groups in total. The number of amides is 3. The Morgan fingerprint density at radius 2 is 2.18 bits per heavy atom. The number of nitrogens with one attached hydrogen (secondary N) is 1. The zero-order valence-electron chi connectivity index (χ0n) is 12.2. The van der Waals surface area contributed by atoms with Gasteiger partial charge in [0.15, 0.2) is 0 Å². The molecule has 22 heavy (non-hydrogen) atoms. The van der Waals surface area contributed by atoms with E-state index < -0.39 is 5.91 Å². The molecule has 6 nitrogen and oxygen atoms in total. The van der Waals surface area contributed by atoms with Gasteiger partial charge in [0, 0.05) is 36.3 Å². The van der Waals surface area contributed by atoms with Gasteiger partial charge in [-0.15, -0.1) is 23.1 Å². The maximum atomic E-state index is 11.7. The van der Waals surface area contributed by atoms with Gasteiger partial charge in [-0.3, -0.25) is 15.1 Å². The average molecular weight is 336 g/mol. The zero-order chi connectivity index (χ0) is 16.1. The zero-order valence-corrected chi connectivity index (χ0v) is 13.8. The minimum atomic E-state index is -0.557. The van der Waals surface area contributed by atoms with E-state index in [0.29, 0.717) is 16.3 Å². The van der Waals surface area contributed by atoms with E-state index in [4.69, 9.17) is 5.73 Å². The van der Waals surface area contributed by atoms with Gasteiger partial charge < -0.3 is 10.6 Å². The number of carbonyl (C=O) groups is 2. The highest BCUT2D eigenvalue weighted by Crippen LogP contribution is 2.36. The number of rotatable bonds is 5. The van der Waals surface area contributed by atoms with E-state index in [1.165, 1.54) is 28.0 Å². The van der Waals surface area contributed by atoms with Crippen molar-refractivity contribution in [3.05, 3.63) is 41.0 Å². The van der Waals surface area contributed by atoms with Crippen molar-refractivity contribution < 1.29 is 9.59 Å². The van der Waals surface area contributed by atoms with Crippen LogP contribution in [0.4, 0.5) is 9.80 Å². The number of thiophene rings is 1. The molecule has 2 heterocycles. The fourth-order valence-electron chi connectivity index (χ4n) is 1.62. The first kappa shape index (κ1) is 16.3. The normalized spacial score (nSPS) is 10.3. The van der Waals surface area contributed by atoms with Crippen LogP contribution in [-0.2, 0) is 5.75 Å². The SMILES string of the molecule is CN(C)C(=O)Nc1scc(SCc2ccccn2)c1C(N)=O. The number of anilines is 1. The number of nitrogens with zero attached hydrogens (tertiary/aromatic N) is 2. The van der Waals surface area contributed by atoms with E-state index in [0.717, 1.165) is 10.6 Å². The van der Waals surface area contributed by atoms with Crippen molar-refractivity contribution >= 4 is 40.0 Å². The maximum Gasteiger partial charge on any atom is 0.321 e. The van der Waals surface area contributed by atoms with Gasteiger partial charge >= 0.3 is 6.03 Å². The second-order valence-electron chi connectivity index (χ2n) is 4.60. The summed E-state index contributed by atoms with van der Waals surface area (Å²) in [6, 6.07) is 5.38. The molecule has 0 radical (unpaired) electrons. The van der Waals surface area contributed by atoms with Gasteiger partial charge in [0.25, 0.3) is 5.91 Å². The first-order valence-corrected chi connectivity index (χ1v) is 8.28. The highest BCUT2D eigenvalue weighted by Gasteiger charge is 2.19. The second-order valence-corrected chi connectivity index (χ2v) is 6.50. The highest BCUT2D eigenvalue weighted by molar-refractivity contribution is 7.98. The summed E-state index contributed by atoms with van der Waals surface area (Å²) in [6.45, 7) is 0. The molecule has 0 atom stereocenters. The lowest BCUT2D eigenvalue weighted by Gasteiger charge is -2.11. The van der Waals surface area contributed by atoms with Crippen LogP contribution in [0.25, 0.3) is 0 Å². The van der Waals surface area contributed by atoms with Crippen molar-refractivity contribution in [1.82, 2.24) is 9.88 Å². The van der Waals surface area contributed by atoms with Crippen molar-refractivity contribution in [2.24, 2.45) is 5.73 Å². The third-order valence-corrected chi connectivity index (χ3v) is 4.85. The standard InChI is InChI=1S/C14H16N4O2S2/c1-18(2)14(20)17-13-11(12(15)19)10(8-22-13)21-7-9-5-3-4-6-16-9/h3-6,8H,7H2,1-2H3,(H2,15,19)(H,17,20). The molecule has 116 valence electrons. The number of nitrogens with two attached hydrogens (primary N) is 1. The number of urea groups is 1. The second kappa shape index (κ2) is 7.28. The van der Waals surface area contributed by atoms with E-state index >= 15 is 0 Å². The summed E-state index contributed by atoms with van der Waals surface area (Å²) >= 11 is 2.75. The third-order valence-electron chi connectivity index (χ3n) is 2.73. The van der Waals surface area contributed by atoms with E-state index in [1.54, 1.807) is 20.3 Å². The van der Waals surface area contributed by atoms with Crippen LogP contribution in [-0.4, -0.2) is 35.9 Å². The third kappa shape index (κ3) is 3.99. The van der Waals surface area contributed by atoms with Crippen LogP contribution in [0.15, 0.2) is 34.7 Å². The summed E-state index contributed by atoms with van der Waals surface area (Å²) in [5.41, 5.74) is 6.71. The summed E-state index contributed by atoms with van der Waals surface area (Å²) in [6.07, 6.45) is 1.72. The molecular formula is C14H16N4O2S2. The van der Waals surface area contributed by atoms with Crippen LogP contribution < -0.4 is 11.1 Å². The topological polar surface area (TPSA) is 88.3 Å². The molecule has 0 saturated heterocycles. The number of hydrogen-bond donors (Lipinski definition) is 2. The smallest absolute Gasteiger partial charge is 0.321 e. The summed E-state index contributed by atoms with van der Waals surface area (Å²) in [5.74, 6) is 0.0673. The first-order chi connectivity index (χ1) is 10.5. The van der Waals surface area contributed by atoms with Crippen LogP contribution in [0, 0.1) is 0 Å². The van der Waals surface area contributed by atoms with E-state index in [-0.39, 0.29) is 6.03 Å². The largest absolute Gasteiger partial charge is 0.365 e. The monoisotopic (exact) mass is 336 g/mol. The Labute approximate surface area is 136 Å². The number of hydrogen-bond acceptors (Lipinski definition) is 5. The van der Waals surface area contributed by atoms with Crippen LogP contribution in [0.3, 0.4) is 0 Å². The minimum Gasteiger partial charge on any atom is -0.365 e. The Hall–Kier alpha value is -2.06. The molecule has 3 amide bonds. The molecule has 8 heteroatoms. The van der Waals surface area contributed by atoms with Gasteiger partial charge in [-0.1, -0.05) is 6.07 Å². The fourth-order valence-corrected chi connectivity index (χ4v) is 3.74. The Bertz CT molecular complexity index is 671. The number of aromatic nitrogens is 1. The molecular weight excluding hydrogens is 320 g/mol. The Morgan fingerprint density at radius 3 is 2.77 bits per heavy atom. The molecule has 2 rings (SSSR count). The molecule has 0 fully saturated rings. The summed E-state index contributed by atoms with van der Waals surface area (Å²) < 4.78 is 0. The molecule has 2 aromatic heterocycles. The predicted octanol–water partition coefficient (Wildman–Crippen LogP) is 2.63. The molecule has 0 saturated carbocycles. The number of primary amides is 1. The molecule has 0 aromatic carbocycles. The van der Waals surface area contributed by atoms with Crippen molar-refractivity contribution in [2.45, 2.75) is 10.6 Å². The average Bonchev–Trinajstić information content (AvgIpc) is 2.89. The summed E-state index contributed by atoms with van der Waals surface area (Å²) in [4.78, 5) is 29.8. The lowest BCUT2D eigenvalue weighted by molar-refractivity contribution is 0.0999. The molecule has 0 aliphatic rings. The fraction of sp³-hybridized carbons (Fsp3) is 0.214. The van der Waals surface area contributed by atoms with Gasteiger partial charge in [0.05, 0.1) is 11.3 Å². The van der Waals surface area contributed by atoms with Crippen LogP contribution in [0.5, 0.6) is 0 Å². The van der Waals surface area contributed by atoms with E-state index in [1.807, 2.05) is 23.6 Å². The number of pyridine rings is 1. The highest BCUT2D eigenvalue weighted by atomic mass is 32.2. The number of carbonyl (C=O) groups excluding carboxylic acids is 2. The lowest BCUT2D eigenvalue weighted by atomic mass is 10.3. The van der Waals surface area contributed by atoms with Gasteiger partial charge in [-0.25, -0.2) is 4.79 Å². The molecule has 0 spiro atoms.